The minimum absolute atomic E-state index is 0.236. The molecule has 0 unspecified atom stereocenters. The number of thiocarbonyl (C=S) groups is 1. The average molecular weight is 501 g/mol. The molecule has 0 saturated carbocycles. The van der Waals surface area contributed by atoms with Crippen LogP contribution in [-0.4, -0.2) is 49.6 Å². The van der Waals surface area contributed by atoms with Crippen LogP contribution in [0, 0.1) is 0 Å². The summed E-state index contributed by atoms with van der Waals surface area (Å²) in [4.78, 5) is 31.5. The molecule has 7 nitrogen and oxygen atoms in total. The Kier molecular flexibility index (Phi) is 7.65. The lowest BCUT2D eigenvalue weighted by molar-refractivity contribution is -0.115. The van der Waals surface area contributed by atoms with E-state index in [1.807, 2.05) is 97.9 Å². The Hall–Kier alpha value is -4.17. The molecule has 8 heteroatoms. The highest BCUT2D eigenvalue weighted by atomic mass is 32.1. The molecule has 1 saturated heterocycles. The van der Waals surface area contributed by atoms with Crippen molar-refractivity contribution >= 4 is 46.2 Å². The molecule has 2 amide bonds. The van der Waals surface area contributed by atoms with Crippen molar-refractivity contribution in [1.82, 2.24) is 4.90 Å². The van der Waals surface area contributed by atoms with Gasteiger partial charge >= 0.3 is 0 Å². The van der Waals surface area contributed by atoms with Crippen LogP contribution in [0.15, 0.2) is 90.6 Å². The molecule has 0 aromatic heterocycles. The molecule has 0 spiro atoms. The number of carbonyl (C=O) groups is 2. The monoisotopic (exact) mass is 500 g/mol. The van der Waals surface area contributed by atoms with E-state index in [-0.39, 0.29) is 11.6 Å². The molecule has 1 fully saturated rings. The van der Waals surface area contributed by atoms with Gasteiger partial charge in [0.1, 0.15) is 11.4 Å². The van der Waals surface area contributed by atoms with Gasteiger partial charge in [-0.25, -0.2) is 0 Å². The lowest BCUT2D eigenvalue weighted by atomic mass is 10.1. The number of anilines is 3. The Morgan fingerprint density at radius 3 is 2.28 bits per heavy atom. The number of nitrogens with one attached hydrogen (secondary N) is 1. The maximum Gasteiger partial charge on any atom is 0.281 e. The predicted molar refractivity (Wildman–Crippen MR) is 147 cm³/mol. The maximum absolute atomic E-state index is 13.5. The smallest absolute Gasteiger partial charge is 0.281 e. The normalized spacial score (nSPS) is 14.4. The van der Waals surface area contributed by atoms with Crippen molar-refractivity contribution < 1.29 is 14.3 Å². The molecule has 0 bridgehead atoms. The van der Waals surface area contributed by atoms with E-state index in [1.54, 1.807) is 12.0 Å². The standard InChI is InChI=1S/C28H28N4O3S/c1-30(2)22-13-11-21(12-14-22)29-26(33)19-25-27(34)32(23-7-5-4-6-8-23)28(36)31(25)18-17-20-9-15-24(35-3)16-10-20/h4-16,19H,17-18H2,1-3H3,(H,29,33). The molecular formula is C28H28N4O3S. The number of para-hydroxylation sites is 1. The van der Waals surface area contributed by atoms with Gasteiger partial charge in [0, 0.05) is 38.1 Å². The summed E-state index contributed by atoms with van der Waals surface area (Å²) in [5.41, 5.74) is 3.62. The van der Waals surface area contributed by atoms with Gasteiger partial charge in [-0.3, -0.25) is 14.5 Å². The highest BCUT2D eigenvalue weighted by Crippen LogP contribution is 2.28. The molecule has 1 aliphatic rings. The van der Waals surface area contributed by atoms with Crippen molar-refractivity contribution in [3.8, 4) is 5.75 Å². The van der Waals surface area contributed by atoms with Crippen LogP contribution in [-0.2, 0) is 16.0 Å². The number of ether oxygens (including phenoxy) is 1. The molecule has 4 rings (SSSR count). The zero-order valence-corrected chi connectivity index (χ0v) is 21.3. The van der Waals surface area contributed by atoms with Gasteiger partial charge in [-0.15, -0.1) is 0 Å². The van der Waals surface area contributed by atoms with Crippen molar-refractivity contribution in [3.05, 3.63) is 96.2 Å². The third-order valence-electron chi connectivity index (χ3n) is 5.85. The molecule has 0 aliphatic carbocycles. The van der Waals surface area contributed by atoms with Gasteiger partial charge in [0.2, 0.25) is 0 Å². The van der Waals surface area contributed by atoms with Crippen LogP contribution < -0.4 is 19.9 Å². The van der Waals surface area contributed by atoms with Gasteiger partial charge < -0.3 is 19.9 Å². The first-order chi connectivity index (χ1) is 17.4. The quantitative estimate of drug-likeness (QED) is 0.364. The number of hydrogen-bond donors (Lipinski definition) is 1. The summed E-state index contributed by atoms with van der Waals surface area (Å²) in [6.45, 7) is 0.441. The molecule has 0 atom stereocenters. The number of carbonyl (C=O) groups excluding carboxylic acids is 2. The van der Waals surface area contributed by atoms with E-state index in [0.717, 1.165) is 17.0 Å². The van der Waals surface area contributed by atoms with E-state index < -0.39 is 5.91 Å². The summed E-state index contributed by atoms with van der Waals surface area (Å²) < 4.78 is 5.23. The average Bonchev–Trinajstić information content (AvgIpc) is 3.12. The van der Waals surface area contributed by atoms with Crippen LogP contribution in [0.2, 0.25) is 0 Å². The van der Waals surface area contributed by atoms with Gasteiger partial charge in [-0.1, -0.05) is 30.3 Å². The third-order valence-corrected chi connectivity index (χ3v) is 6.25. The summed E-state index contributed by atoms with van der Waals surface area (Å²) in [5, 5.41) is 3.19. The topological polar surface area (TPSA) is 65.1 Å². The third kappa shape index (κ3) is 5.55. The van der Waals surface area contributed by atoms with E-state index >= 15 is 0 Å². The van der Waals surface area contributed by atoms with Crippen LogP contribution in [0.25, 0.3) is 0 Å². The second-order valence-electron chi connectivity index (χ2n) is 8.47. The van der Waals surface area contributed by atoms with E-state index in [4.69, 9.17) is 17.0 Å². The van der Waals surface area contributed by atoms with Gasteiger partial charge in [0.15, 0.2) is 5.11 Å². The number of nitrogens with zero attached hydrogens (tertiary/aromatic N) is 3. The fraction of sp³-hybridized carbons (Fsp3) is 0.179. The maximum atomic E-state index is 13.5. The number of amides is 2. The Morgan fingerprint density at radius 2 is 1.67 bits per heavy atom. The summed E-state index contributed by atoms with van der Waals surface area (Å²) in [6.07, 6.45) is 1.95. The van der Waals surface area contributed by atoms with E-state index in [1.165, 1.54) is 11.0 Å². The molecule has 3 aromatic carbocycles. The largest absolute Gasteiger partial charge is 0.497 e. The zero-order valence-electron chi connectivity index (χ0n) is 20.5. The van der Waals surface area contributed by atoms with Crippen molar-refractivity contribution in [3.63, 3.8) is 0 Å². The van der Waals surface area contributed by atoms with E-state index in [2.05, 4.69) is 5.32 Å². The molecule has 1 heterocycles. The predicted octanol–water partition coefficient (Wildman–Crippen LogP) is 4.46. The van der Waals surface area contributed by atoms with Crippen molar-refractivity contribution in [2.45, 2.75) is 6.42 Å². The number of methoxy groups -OCH3 is 1. The summed E-state index contributed by atoms with van der Waals surface area (Å²) in [7, 11) is 5.53. The van der Waals surface area contributed by atoms with Crippen LogP contribution in [0.3, 0.4) is 0 Å². The van der Waals surface area contributed by atoms with E-state index in [0.29, 0.717) is 29.5 Å². The van der Waals surface area contributed by atoms with Crippen molar-refractivity contribution in [2.24, 2.45) is 0 Å². The lowest BCUT2D eigenvalue weighted by Crippen LogP contribution is -2.33. The number of hydrogen-bond acceptors (Lipinski definition) is 5. The van der Waals surface area contributed by atoms with Gasteiger partial charge in [-0.05, 0) is 72.7 Å². The van der Waals surface area contributed by atoms with Crippen molar-refractivity contribution in [2.75, 3.05) is 42.9 Å². The molecular weight excluding hydrogens is 472 g/mol. The van der Waals surface area contributed by atoms with Crippen molar-refractivity contribution in [1.29, 1.82) is 0 Å². The SMILES string of the molecule is COc1ccc(CCN2C(=S)N(c3ccccc3)C(=O)C2=CC(=O)Nc2ccc(N(C)C)cc2)cc1. The Morgan fingerprint density at radius 1 is 1.00 bits per heavy atom. The second-order valence-corrected chi connectivity index (χ2v) is 8.83. The second kappa shape index (κ2) is 11.0. The Bertz CT molecular complexity index is 1270. The Labute approximate surface area is 216 Å². The van der Waals surface area contributed by atoms with E-state index in [9.17, 15) is 9.59 Å². The highest BCUT2D eigenvalue weighted by Gasteiger charge is 2.39. The zero-order chi connectivity index (χ0) is 25.7. The van der Waals surface area contributed by atoms with Gasteiger partial charge in [0.05, 0.1) is 12.8 Å². The highest BCUT2D eigenvalue weighted by molar-refractivity contribution is 7.80. The summed E-state index contributed by atoms with van der Waals surface area (Å²) >= 11 is 5.71. The lowest BCUT2D eigenvalue weighted by Gasteiger charge is -2.20. The molecule has 1 N–H and O–H groups in total. The minimum atomic E-state index is -0.400. The fourth-order valence-corrected chi connectivity index (χ4v) is 4.26. The molecule has 3 aromatic rings. The molecule has 0 radical (unpaired) electrons. The minimum Gasteiger partial charge on any atom is -0.497 e. The molecule has 36 heavy (non-hydrogen) atoms. The van der Waals surface area contributed by atoms with Crippen LogP contribution in [0.1, 0.15) is 5.56 Å². The Balaban J connectivity index is 1.58. The fourth-order valence-electron chi connectivity index (χ4n) is 3.88. The van der Waals surface area contributed by atoms with Gasteiger partial charge in [-0.2, -0.15) is 0 Å². The van der Waals surface area contributed by atoms with Crippen LogP contribution in [0.5, 0.6) is 5.75 Å². The first kappa shape index (κ1) is 24.9. The van der Waals surface area contributed by atoms with Crippen LogP contribution >= 0.6 is 12.2 Å². The summed E-state index contributed by atoms with van der Waals surface area (Å²) in [6, 6.07) is 24.4. The first-order valence-electron chi connectivity index (χ1n) is 11.5. The van der Waals surface area contributed by atoms with Crippen LogP contribution in [0.4, 0.5) is 17.1 Å². The molecule has 184 valence electrons. The first-order valence-corrected chi connectivity index (χ1v) is 11.9. The summed E-state index contributed by atoms with van der Waals surface area (Å²) in [5.74, 6) is 0.0406. The number of benzene rings is 3. The molecule has 1 aliphatic heterocycles. The van der Waals surface area contributed by atoms with Gasteiger partial charge in [0.25, 0.3) is 11.8 Å². The number of rotatable bonds is 8.